The van der Waals surface area contributed by atoms with Gasteiger partial charge < -0.3 is 9.84 Å². The number of ether oxygens (including phenoxy) is 1. The second-order valence-electron chi connectivity index (χ2n) is 6.59. The molecule has 96 valence electrons. The van der Waals surface area contributed by atoms with Crippen LogP contribution in [0.5, 0.6) is 0 Å². The number of aliphatic hydroxyl groups is 1. The van der Waals surface area contributed by atoms with E-state index in [1.807, 2.05) is 0 Å². The van der Waals surface area contributed by atoms with Crippen LogP contribution in [0, 0.1) is 23.2 Å². The average Bonchev–Trinajstić information content (AvgIpc) is 2.78. The van der Waals surface area contributed by atoms with Gasteiger partial charge in [-0.05, 0) is 49.5 Å². The van der Waals surface area contributed by atoms with Crippen molar-refractivity contribution in [3.63, 3.8) is 0 Å². The summed E-state index contributed by atoms with van der Waals surface area (Å²) in [6.45, 7) is 7.63. The molecule has 2 heteroatoms. The van der Waals surface area contributed by atoms with Gasteiger partial charge in [-0.3, -0.25) is 0 Å². The Morgan fingerprint density at radius 2 is 2.12 bits per heavy atom. The van der Waals surface area contributed by atoms with Gasteiger partial charge in [0.1, 0.15) is 0 Å². The second-order valence-corrected chi connectivity index (χ2v) is 6.59. The van der Waals surface area contributed by atoms with Crippen molar-refractivity contribution in [1.29, 1.82) is 0 Å². The van der Waals surface area contributed by atoms with Gasteiger partial charge in [0.2, 0.25) is 0 Å². The maximum Gasteiger partial charge on any atom is 0.0757 e. The van der Waals surface area contributed by atoms with Gasteiger partial charge in [-0.15, -0.1) is 0 Å². The molecule has 1 saturated carbocycles. The van der Waals surface area contributed by atoms with Crippen molar-refractivity contribution in [1.82, 2.24) is 0 Å². The lowest BCUT2D eigenvalue weighted by Gasteiger charge is -2.46. The van der Waals surface area contributed by atoms with Crippen molar-refractivity contribution >= 4 is 0 Å². The summed E-state index contributed by atoms with van der Waals surface area (Å²) >= 11 is 0. The molecule has 0 unspecified atom stereocenters. The third-order valence-corrected chi connectivity index (χ3v) is 5.61. The molecule has 2 nitrogen and oxygen atoms in total. The Labute approximate surface area is 104 Å². The normalized spacial score (nSPS) is 53.9. The fourth-order valence-electron chi connectivity index (χ4n) is 4.40. The molecule has 0 amide bonds. The van der Waals surface area contributed by atoms with Crippen LogP contribution >= 0.6 is 0 Å². The van der Waals surface area contributed by atoms with E-state index in [1.165, 1.54) is 12.8 Å². The molecule has 2 fully saturated rings. The van der Waals surface area contributed by atoms with E-state index in [4.69, 9.17) is 4.74 Å². The van der Waals surface area contributed by atoms with Crippen LogP contribution in [-0.2, 0) is 4.74 Å². The van der Waals surface area contributed by atoms with Gasteiger partial charge in [0.05, 0.1) is 12.2 Å². The highest BCUT2D eigenvalue weighted by atomic mass is 16.5. The van der Waals surface area contributed by atoms with Gasteiger partial charge in [0.15, 0.2) is 0 Å². The summed E-state index contributed by atoms with van der Waals surface area (Å²) in [5, 5.41) is 10.1. The largest absolute Gasteiger partial charge is 0.389 e. The van der Waals surface area contributed by atoms with Gasteiger partial charge in [0.25, 0.3) is 0 Å². The Hall–Kier alpha value is -0.340. The van der Waals surface area contributed by atoms with E-state index in [-0.39, 0.29) is 11.5 Å². The van der Waals surface area contributed by atoms with E-state index >= 15 is 0 Å². The molecule has 6 atom stereocenters. The molecule has 3 aliphatic rings. The molecule has 0 aromatic carbocycles. The number of fused-ring (bicyclic) bond motifs is 2. The smallest absolute Gasteiger partial charge is 0.0757 e. The highest BCUT2D eigenvalue weighted by molar-refractivity contribution is 5.25. The minimum Gasteiger partial charge on any atom is -0.389 e. The summed E-state index contributed by atoms with van der Waals surface area (Å²) < 4.78 is 6.12. The fraction of sp³-hybridized carbons (Fsp3) is 0.867. The minimum absolute atomic E-state index is 0.122. The van der Waals surface area contributed by atoms with Gasteiger partial charge in [-0.2, -0.15) is 0 Å². The number of rotatable bonds is 0. The molecular formula is C15H24O2. The maximum absolute atomic E-state index is 10.1. The zero-order valence-electron chi connectivity index (χ0n) is 11.1. The Balaban J connectivity index is 1.97. The first kappa shape index (κ1) is 11.7. The molecule has 1 saturated heterocycles. The third-order valence-electron chi connectivity index (χ3n) is 5.61. The molecule has 3 rings (SSSR count). The highest BCUT2D eigenvalue weighted by Crippen LogP contribution is 2.56. The summed E-state index contributed by atoms with van der Waals surface area (Å²) in [5.74, 6) is 2.04. The molecule has 1 heterocycles. The number of hydrogen-bond donors (Lipinski definition) is 1. The van der Waals surface area contributed by atoms with E-state index in [1.54, 1.807) is 0 Å². The third kappa shape index (κ3) is 1.53. The van der Waals surface area contributed by atoms with Crippen molar-refractivity contribution in [2.75, 3.05) is 6.61 Å². The molecule has 0 aromatic heterocycles. The molecule has 1 spiro atoms. The summed E-state index contributed by atoms with van der Waals surface area (Å²) in [6, 6.07) is 0. The Bertz CT molecular complexity index is 349. The predicted molar refractivity (Wildman–Crippen MR) is 67.6 cm³/mol. The predicted octanol–water partition coefficient (Wildman–Crippen LogP) is 2.76. The summed E-state index contributed by atoms with van der Waals surface area (Å²) in [5.41, 5.74) is 1.28. The maximum atomic E-state index is 10.1. The van der Waals surface area contributed by atoms with E-state index in [0.717, 1.165) is 18.6 Å². The Morgan fingerprint density at radius 3 is 2.76 bits per heavy atom. The van der Waals surface area contributed by atoms with E-state index in [2.05, 4.69) is 26.8 Å². The first-order valence-electron chi connectivity index (χ1n) is 7.03. The van der Waals surface area contributed by atoms with Crippen molar-refractivity contribution < 1.29 is 9.84 Å². The van der Waals surface area contributed by atoms with Crippen LogP contribution in [0.25, 0.3) is 0 Å². The zero-order valence-corrected chi connectivity index (χ0v) is 11.1. The summed E-state index contributed by atoms with van der Waals surface area (Å²) in [6.07, 6.45) is 5.93. The average molecular weight is 236 g/mol. The van der Waals surface area contributed by atoms with Crippen LogP contribution in [0.15, 0.2) is 11.6 Å². The Morgan fingerprint density at radius 1 is 1.35 bits per heavy atom. The van der Waals surface area contributed by atoms with Gasteiger partial charge >= 0.3 is 0 Å². The monoisotopic (exact) mass is 236 g/mol. The Kier molecular flexibility index (Phi) is 2.64. The molecule has 2 aliphatic carbocycles. The van der Waals surface area contributed by atoms with E-state index in [9.17, 15) is 5.11 Å². The van der Waals surface area contributed by atoms with E-state index in [0.29, 0.717) is 23.9 Å². The summed E-state index contributed by atoms with van der Waals surface area (Å²) in [4.78, 5) is 0. The number of hydrogen-bond acceptors (Lipinski definition) is 2. The van der Waals surface area contributed by atoms with Crippen LogP contribution in [0.1, 0.15) is 40.0 Å². The number of aliphatic hydroxyl groups excluding tert-OH is 1. The lowest BCUT2D eigenvalue weighted by Crippen LogP contribution is -2.46. The summed E-state index contributed by atoms with van der Waals surface area (Å²) in [7, 11) is 0. The standard InChI is InChI=1S/C15H24O2/c1-9-6-15(7-13(9)16)11(3)4-5-12-10(2)8-17-14(12)15/h6,10-14,16H,4-5,7-8H2,1-3H3/t10-,11+,12-,13-,14+,15-/m1/s1. The van der Waals surface area contributed by atoms with Crippen LogP contribution < -0.4 is 0 Å². The van der Waals surface area contributed by atoms with Crippen molar-refractivity contribution in [3.05, 3.63) is 11.6 Å². The molecule has 1 aliphatic heterocycles. The molecule has 1 N–H and O–H groups in total. The molecular weight excluding hydrogens is 212 g/mol. The van der Waals surface area contributed by atoms with Crippen LogP contribution in [0.3, 0.4) is 0 Å². The van der Waals surface area contributed by atoms with Crippen molar-refractivity contribution in [3.8, 4) is 0 Å². The minimum atomic E-state index is -0.240. The molecule has 17 heavy (non-hydrogen) atoms. The zero-order chi connectivity index (χ0) is 12.2. The van der Waals surface area contributed by atoms with Crippen LogP contribution in [-0.4, -0.2) is 23.9 Å². The van der Waals surface area contributed by atoms with Crippen LogP contribution in [0.2, 0.25) is 0 Å². The lowest BCUT2D eigenvalue weighted by atomic mass is 9.60. The van der Waals surface area contributed by atoms with Gasteiger partial charge in [-0.1, -0.05) is 19.9 Å². The van der Waals surface area contributed by atoms with Crippen molar-refractivity contribution in [2.45, 2.75) is 52.2 Å². The molecule has 0 radical (unpaired) electrons. The van der Waals surface area contributed by atoms with Crippen LogP contribution in [0.4, 0.5) is 0 Å². The van der Waals surface area contributed by atoms with E-state index < -0.39 is 0 Å². The first-order valence-corrected chi connectivity index (χ1v) is 7.03. The lowest BCUT2D eigenvalue weighted by molar-refractivity contribution is -0.0603. The molecule has 0 bridgehead atoms. The highest BCUT2D eigenvalue weighted by Gasteiger charge is 2.55. The quantitative estimate of drug-likeness (QED) is 0.655. The topological polar surface area (TPSA) is 29.5 Å². The second kappa shape index (κ2) is 3.83. The first-order chi connectivity index (χ1) is 8.04. The molecule has 0 aromatic rings. The SMILES string of the molecule is CC1=C[C@@]2(C[C@H]1O)[C@@H](C)CC[C@@H]1[C@H](C)CO[C@@H]12. The fourth-order valence-corrected chi connectivity index (χ4v) is 4.40. The van der Waals surface area contributed by atoms with Gasteiger partial charge in [-0.25, -0.2) is 0 Å². The van der Waals surface area contributed by atoms with Crippen molar-refractivity contribution in [2.24, 2.45) is 23.2 Å². The van der Waals surface area contributed by atoms with Gasteiger partial charge in [0, 0.05) is 12.0 Å².